The number of allylic oxidation sites excluding steroid dienone is 1. The van der Waals surface area contributed by atoms with Gasteiger partial charge in [-0.2, -0.15) is 0 Å². The van der Waals surface area contributed by atoms with Crippen molar-refractivity contribution >= 4 is 5.70 Å². The molecule has 38 heavy (non-hydrogen) atoms. The fourth-order valence-electron chi connectivity index (χ4n) is 7.00. The molecule has 2 aliphatic carbocycles. The van der Waals surface area contributed by atoms with Crippen molar-refractivity contribution in [3.63, 3.8) is 0 Å². The lowest BCUT2D eigenvalue weighted by Crippen LogP contribution is -2.33. The molecule has 1 unspecified atom stereocenters. The summed E-state index contributed by atoms with van der Waals surface area (Å²) in [4.78, 5) is 2.57. The van der Waals surface area contributed by atoms with Gasteiger partial charge in [0.15, 0.2) is 0 Å². The van der Waals surface area contributed by atoms with E-state index >= 15 is 0 Å². The number of piperidine rings is 1. The van der Waals surface area contributed by atoms with Gasteiger partial charge in [0.25, 0.3) is 0 Å². The van der Waals surface area contributed by atoms with E-state index in [1.165, 1.54) is 80.2 Å². The lowest BCUT2D eigenvalue weighted by atomic mass is 9.79. The van der Waals surface area contributed by atoms with E-state index < -0.39 is 0 Å². The molecule has 204 valence electrons. The number of likely N-dealkylation sites (tertiary alicyclic amines) is 1. The van der Waals surface area contributed by atoms with Gasteiger partial charge in [0.2, 0.25) is 0 Å². The largest absolute Gasteiger partial charge is 0.371 e. The van der Waals surface area contributed by atoms with Crippen LogP contribution < -0.4 is 5.73 Å². The lowest BCUT2D eigenvalue weighted by molar-refractivity contribution is 0.295. The number of hydrogen-bond donors (Lipinski definition) is 1. The van der Waals surface area contributed by atoms with Gasteiger partial charge < -0.3 is 10.6 Å². The van der Waals surface area contributed by atoms with E-state index in [1.807, 2.05) is 0 Å². The molecule has 1 heterocycles. The summed E-state index contributed by atoms with van der Waals surface area (Å²) in [6.07, 6.45) is 16.2. The van der Waals surface area contributed by atoms with Gasteiger partial charge in [-0.05, 0) is 109 Å². The summed E-state index contributed by atoms with van der Waals surface area (Å²) in [6, 6.07) is 16.6. The fourth-order valence-corrected chi connectivity index (χ4v) is 7.00. The molecule has 2 N–H and O–H groups in total. The normalized spacial score (nSPS) is 21.8. The van der Waals surface area contributed by atoms with Crippen molar-refractivity contribution in [1.29, 1.82) is 0 Å². The summed E-state index contributed by atoms with van der Waals surface area (Å²) < 4.78 is 0. The second-order valence-corrected chi connectivity index (χ2v) is 13.5. The first kappa shape index (κ1) is 27.3. The van der Waals surface area contributed by atoms with Crippen molar-refractivity contribution in [3.8, 4) is 0 Å². The Kier molecular flexibility index (Phi) is 8.19. The maximum atomic E-state index is 6.20. The third-order valence-electron chi connectivity index (χ3n) is 9.92. The zero-order valence-corrected chi connectivity index (χ0v) is 24.1. The summed E-state index contributed by atoms with van der Waals surface area (Å²) in [5.41, 5.74) is 15.3. The number of nitrogens with zero attached hydrogens (tertiary/aromatic N) is 1. The van der Waals surface area contributed by atoms with Crippen LogP contribution in [0.3, 0.4) is 0 Å². The van der Waals surface area contributed by atoms with Crippen LogP contribution in [0.25, 0.3) is 5.70 Å². The molecule has 3 aliphatic rings. The number of rotatable bonds is 10. The average Bonchev–Trinajstić information content (AvgIpc) is 3.73. The molecular weight excluding hydrogens is 460 g/mol. The minimum Gasteiger partial charge on any atom is -0.371 e. The molecular formula is C36H50N2. The van der Waals surface area contributed by atoms with Crippen molar-refractivity contribution in [2.24, 2.45) is 16.6 Å². The smallest absolute Gasteiger partial charge is 0.0367 e. The van der Waals surface area contributed by atoms with Crippen molar-refractivity contribution in [1.82, 2.24) is 4.90 Å². The Labute approximate surface area is 232 Å². The second-order valence-electron chi connectivity index (χ2n) is 13.5. The molecule has 0 bridgehead atoms. The molecule has 0 spiro atoms. The molecule has 0 aromatic heterocycles. The SMILES string of the molecule is C=CC(C)(C)Cc1cccc(C2CCCN(C(=C)c3ccc(CC4(CN)CC4)c(C4CCCCC4)c3)C2)c1. The van der Waals surface area contributed by atoms with Gasteiger partial charge in [-0.15, -0.1) is 6.58 Å². The Bertz CT molecular complexity index is 1130. The molecule has 5 rings (SSSR count). The van der Waals surface area contributed by atoms with Crippen molar-refractivity contribution in [2.45, 2.75) is 96.3 Å². The Hall–Kier alpha value is -2.32. The number of benzene rings is 2. The number of nitrogens with two attached hydrogens (primary N) is 1. The highest BCUT2D eigenvalue weighted by atomic mass is 15.1. The summed E-state index contributed by atoms with van der Waals surface area (Å²) in [5, 5.41) is 0. The second kappa shape index (κ2) is 11.4. The Morgan fingerprint density at radius 3 is 2.50 bits per heavy atom. The van der Waals surface area contributed by atoms with E-state index in [1.54, 1.807) is 11.1 Å². The molecule has 1 saturated heterocycles. The van der Waals surface area contributed by atoms with E-state index in [4.69, 9.17) is 5.73 Å². The van der Waals surface area contributed by atoms with E-state index in [9.17, 15) is 0 Å². The minimum absolute atomic E-state index is 0.122. The van der Waals surface area contributed by atoms with Crippen molar-refractivity contribution in [2.75, 3.05) is 19.6 Å². The molecule has 2 aromatic carbocycles. The standard InChI is InChI=1S/C36H50N2/c1-5-35(3,4)23-28-11-9-14-31(21-28)33-15-10-20-38(25-33)27(2)30-16-17-32(24-36(26-37)18-19-36)34(22-30)29-12-7-6-8-13-29/h5,9,11,14,16-17,21-22,29,33H,1-2,6-8,10,12-13,15,18-20,23-26,37H2,3-4H3. The molecule has 0 amide bonds. The Balaban J connectivity index is 1.34. The number of hydrogen-bond acceptors (Lipinski definition) is 2. The quantitative estimate of drug-likeness (QED) is 0.324. The first-order valence-corrected chi connectivity index (χ1v) is 15.3. The van der Waals surface area contributed by atoms with Crippen LogP contribution in [0.4, 0.5) is 0 Å². The topological polar surface area (TPSA) is 29.3 Å². The van der Waals surface area contributed by atoms with E-state index in [-0.39, 0.29) is 5.41 Å². The molecule has 2 aromatic rings. The first-order chi connectivity index (χ1) is 18.3. The fraction of sp³-hybridized carbons (Fsp3) is 0.556. The molecule has 2 nitrogen and oxygen atoms in total. The van der Waals surface area contributed by atoms with Gasteiger partial charge in [0.1, 0.15) is 0 Å². The van der Waals surface area contributed by atoms with Crippen LogP contribution in [-0.2, 0) is 12.8 Å². The van der Waals surface area contributed by atoms with Gasteiger partial charge in [0.05, 0.1) is 0 Å². The van der Waals surface area contributed by atoms with Gasteiger partial charge in [-0.25, -0.2) is 0 Å². The summed E-state index contributed by atoms with van der Waals surface area (Å²) in [5.74, 6) is 1.26. The van der Waals surface area contributed by atoms with Crippen LogP contribution in [0.2, 0.25) is 0 Å². The first-order valence-electron chi connectivity index (χ1n) is 15.3. The van der Waals surface area contributed by atoms with Crippen LogP contribution >= 0.6 is 0 Å². The molecule has 2 saturated carbocycles. The molecule has 2 heteroatoms. The van der Waals surface area contributed by atoms with E-state index in [0.29, 0.717) is 17.3 Å². The molecule has 1 aliphatic heterocycles. The van der Waals surface area contributed by atoms with Crippen LogP contribution in [0.5, 0.6) is 0 Å². The predicted octanol–water partition coefficient (Wildman–Crippen LogP) is 8.62. The molecule has 3 fully saturated rings. The predicted molar refractivity (Wildman–Crippen MR) is 163 cm³/mol. The highest BCUT2D eigenvalue weighted by molar-refractivity contribution is 5.64. The van der Waals surface area contributed by atoms with E-state index in [2.05, 4.69) is 80.4 Å². The monoisotopic (exact) mass is 510 g/mol. The van der Waals surface area contributed by atoms with Crippen LogP contribution in [0, 0.1) is 10.8 Å². The van der Waals surface area contributed by atoms with Crippen LogP contribution in [-0.4, -0.2) is 24.5 Å². The van der Waals surface area contributed by atoms with Crippen molar-refractivity contribution in [3.05, 3.63) is 89.5 Å². The summed E-state index contributed by atoms with van der Waals surface area (Å²) >= 11 is 0. The third kappa shape index (κ3) is 6.28. The Morgan fingerprint density at radius 1 is 1.03 bits per heavy atom. The summed E-state index contributed by atoms with van der Waals surface area (Å²) in [6.45, 7) is 16.2. The van der Waals surface area contributed by atoms with E-state index in [0.717, 1.165) is 32.5 Å². The van der Waals surface area contributed by atoms with Crippen LogP contribution in [0.15, 0.2) is 61.7 Å². The van der Waals surface area contributed by atoms with Crippen LogP contribution in [0.1, 0.15) is 111 Å². The highest BCUT2D eigenvalue weighted by Gasteiger charge is 2.41. The van der Waals surface area contributed by atoms with Gasteiger partial charge in [-0.1, -0.05) is 82.2 Å². The van der Waals surface area contributed by atoms with Gasteiger partial charge in [-0.3, -0.25) is 0 Å². The van der Waals surface area contributed by atoms with Crippen molar-refractivity contribution < 1.29 is 0 Å². The Morgan fingerprint density at radius 2 is 1.79 bits per heavy atom. The highest BCUT2D eigenvalue weighted by Crippen LogP contribution is 2.49. The summed E-state index contributed by atoms with van der Waals surface area (Å²) in [7, 11) is 0. The van der Waals surface area contributed by atoms with Gasteiger partial charge >= 0.3 is 0 Å². The molecule has 0 radical (unpaired) electrons. The zero-order chi connectivity index (χ0) is 26.8. The average molecular weight is 511 g/mol. The zero-order valence-electron chi connectivity index (χ0n) is 24.1. The minimum atomic E-state index is 0.122. The maximum Gasteiger partial charge on any atom is 0.0367 e. The lowest BCUT2D eigenvalue weighted by Gasteiger charge is -2.36. The van der Waals surface area contributed by atoms with Gasteiger partial charge in [0, 0.05) is 24.7 Å². The maximum absolute atomic E-state index is 6.20. The molecule has 1 atom stereocenters. The third-order valence-corrected chi connectivity index (χ3v) is 9.92.